The van der Waals surface area contributed by atoms with Crippen molar-refractivity contribution in [3.05, 3.63) is 59.7 Å². The molecule has 144 valence electrons. The van der Waals surface area contributed by atoms with Crippen molar-refractivity contribution in [2.75, 3.05) is 11.6 Å². The maximum atomic E-state index is 12.4. The van der Waals surface area contributed by atoms with E-state index in [2.05, 4.69) is 5.32 Å². The van der Waals surface area contributed by atoms with Crippen LogP contribution in [0.15, 0.2) is 53.4 Å². The predicted molar refractivity (Wildman–Crippen MR) is 104 cm³/mol. The molecule has 7 heteroatoms. The Morgan fingerprint density at radius 1 is 0.963 bits per heavy atom. The third-order valence-corrected chi connectivity index (χ3v) is 5.16. The first kappa shape index (κ1) is 20.6. The van der Waals surface area contributed by atoms with Gasteiger partial charge in [-0.3, -0.25) is 4.79 Å². The van der Waals surface area contributed by atoms with E-state index in [0.717, 1.165) is 11.8 Å². The van der Waals surface area contributed by atoms with E-state index in [0.29, 0.717) is 5.69 Å². The highest BCUT2D eigenvalue weighted by Gasteiger charge is 2.24. The molecule has 0 fully saturated rings. The predicted octanol–water partition coefficient (Wildman–Crippen LogP) is 3.40. The molecule has 0 aliphatic heterocycles. The van der Waals surface area contributed by atoms with Crippen LogP contribution in [0.3, 0.4) is 0 Å². The van der Waals surface area contributed by atoms with Gasteiger partial charge < -0.3 is 10.1 Å². The zero-order valence-corrected chi connectivity index (χ0v) is 16.5. The molecule has 0 unspecified atom stereocenters. The number of carbonyl (C=O) groups is 2. The van der Waals surface area contributed by atoms with Crippen LogP contribution in [0.5, 0.6) is 0 Å². The second-order valence-electron chi connectivity index (χ2n) is 6.55. The van der Waals surface area contributed by atoms with Crippen molar-refractivity contribution >= 4 is 27.4 Å². The average Bonchev–Trinajstić information content (AvgIpc) is 2.61. The number of ether oxygens (including phenoxy) is 1. The average molecular weight is 389 g/mol. The van der Waals surface area contributed by atoms with Gasteiger partial charge in [0.1, 0.15) is 0 Å². The number of benzene rings is 2. The van der Waals surface area contributed by atoms with Crippen LogP contribution < -0.4 is 5.32 Å². The lowest BCUT2D eigenvalue weighted by Gasteiger charge is -2.17. The van der Waals surface area contributed by atoms with Gasteiger partial charge in [-0.15, -0.1) is 0 Å². The number of hydrogen-bond acceptors (Lipinski definition) is 5. The maximum absolute atomic E-state index is 12.4. The molecule has 1 N–H and O–H groups in total. The second-order valence-corrected chi connectivity index (χ2v) is 8.53. The number of hydrogen-bond donors (Lipinski definition) is 1. The fourth-order valence-electron chi connectivity index (χ4n) is 2.58. The molecule has 0 heterocycles. The van der Waals surface area contributed by atoms with Crippen LogP contribution in [-0.4, -0.2) is 32.7 Å². The lowest BCUT2D eigenvalue weighted by molar-refractivity contribution is -0.123. The summed E-state index contributed by atoms with van der Waals surface area (Å²) in [5.74, 6) is -1.15. The molecule has 27 heavy (non-hydrogen) atoms. The largest absolute Gasteiger partial charge is 0.449 e. The van der Waals surface area contributed by atoms with E-state index in [-0.39, 0.29) is 16.4 Å². The first-order valence-corrected chi connectivity index (χ1v) is 10.4. The Morgan fingerprint density at radius 2 is 1.56 bits per heavy atom. The molecule has 0 aliphatic rings. The highest BCUT2D eigenvalue weighted by Crippen LogP contribution is 2.24. The van der Waals surface area contributed by atoms with Crippen molar-refractivity contribution in [3.8, 4) is 0 Å². The number of anilines is 1. The van der Waals surface area contributed by atoms with Gasteiger partial charge in [0.25, 0.3) is 5.91 Å². The van der Waals surface area contributed by atoms with Gasteiger partial charge in [-0.1, -0.05) is 44.2 Å². The van der Waals surface area contributed by atoms with Crippen molar-refractivity contribution in [1.29, 1.82) is 0 Å². The normalized spacial score (nSPS) is 12.5. The van der Waals surface area contributed by atoms with Crippen molar-refractivity contribution in [1.82, 2.24) is 0 Å². The zero-order chi connectivity index (χ0) is 20.2. The smallest absolute Gasteiger partial charge is 0.340 e. The molecule has 0 aromatic heterocycles. The van der Waals surface area contributed by atoms with Gasteiger partial charge in [0.05, 0.1) is 10.5 Å². The molecule has 0 saturated carbocycles. The Hall–Kier alpha value is -2.67. The number of carbonyl (C=O) groups excluding carboxylic acids is 2. The van der Waals surface area contributed by atoms with Gasteiger partial charge in [-0.05, 0) is 36.6 Å². The summed E-state index contributed by atoms with van der Waals surface area (Å²) in [4.78, 5) is 24.7. The zero-order valence-electron chi connectivity index (χ0n) is 15.7. The van der Waals surface area contributed by atoms with Gasteiger partial charge in [-0.25, -0.2) is 13.2 Å². The van der Waals surface area contributed by atoms with E-state index in [1.807, 2.05) is 26.0 Å². The van der Waals surface area contributed by atoms with Crippen LogP contribution in [0.1, 0.15) is 42.6 Å². The third-order valence-electron chi connectivity index (χ3n) is 4.00. The first-order chi connectivity index (χ1) is 12.6. The number of sulfone groups is 1. The van der Waals surface area contributed by atoms with Crippen LogP contribution in [0.25, 0.3) is 0 Å². The minimum absolute atomic E-state index is 0.0952. The van der Waals surface area contributed by atoms with Crippen LogP contribution >= 0.6 is 0 Å². The van der Waals surface area contributed by atoms with Crippen LogP contribution in [0, 0.1) is 0 Å². The molecule has 0 spiro atoms. The SMILES string of the molecule is CC(C)c1ccccc1NC(=O)[C@@H](C)OC(=O)c1ccccc1S(C)(=O)=O. The summed E-state index contributed by atoms with van der Waals surface area (Å²) in [6.07, 6.45) is -0.0803. The quantitative estimate of drug-likeness (QED) is 0.765. The molecule has 6 nitrogen and oxygen atoms in total. The van der Waals surface area contributed by atoms with Crippen LogP contribution in [-0.2, 0) is 19.4 Å². The van der Waals surface area contributed by atoms with Crippen LogP contribution in [0.2, 0.25) is 0 Å². The van der Waals surface area contributed by atoms with Crippen molar-refractivity contribution < 1.29 is 22.7 Å². The monoisotopic (exact) mass is 389 g/mol. The van der Waals surface area contributed by atoms with Crippen LogP contribution in [0.4, 0.5) is 5.69 Å². The number of esters is 1. The Balaban J connectivity index is 2.15. The highest BCUT2D eigenvalue weighted by atomic mass is 32.2. The summed E-state index contributed by atoms with van der Waals surface area (Å²) >= 11 is 0. The summed E-state index contributed by atoms with van der Waals surface area (Å²) in [5.41, 5.74) is 1.52. The summed E-state index contributed by atoms with van der Waals surface area (Å²) in [6.45, 7) is 5.46. The Kier molecular flexibility index (Phi) is 6.38. The number of para-hydroxylation sites is 1. The van der Waals surface area contributed by atoms with E-state index in [4.69, 9.17) is 4.74 Å². The fraction of sp³-hybridized carbons (Fsp3) is 0.300. The first-order valence-electron chi connectivity index (χ1n) is 8.51. The summed E-state index contributed by atoms with van der Waals surface area (Å²) in [7, 11) is -3.60. The van der Waals surface area contributed by atoms with Crippen molar-refractivity contribution in [2.45, 2.75) is 37.7 Å². The lowest BCUT2D eigenvalue weighted by Crippen LogP contribution is -2.30. The minimum atomic E-state index is -3.60. The highest BCUT2D eigenvalue weighted by molar-refractivity contribution is 7.90. The minimum Gasteiger partial charge on any atom is -0.449 e. The van der Waals surface area contributed by atoms with Gasteiger partial charge in [0.15, 0.2) is 15.9 Å². The lowest BCUT2D eigenvalue weighted by atomic mass is 10.0. The standard InChI is InChI=1S/C20H23NO5S/c1-13(2)15-9-5-7-11-17(15)21-19(22)14(3)26-20(23)16-10-6-8-12-18(16)27(4,24)25/h5-14H,1-4H3,(H,21,22)/t14-/m1/s1. The molecule has 0 aliphatic carbocycles. The molecule has 2 rings (SSSR count). The molecular weight excluding hydrogens is 366 g/mol. The van der Waals surface area contributed by atoms with Gasteiger partial charge in [0, 0.05) is 11.9 Å². The Morgan fingerprint density at radius 3 is 2.19 bits per heavy atom. The van der Waals surface area contributed by atoms with Gasteiger partial charge in [0.2, 0.25) is 0 Å². The summed E-state index contributed by atoms with van der Waals surface area (Å²) in [6, 6.07) is 13.1. The topological polar surface area (TPSA) is 89.5 Å². The van der Waals surface area contributed by atoms with E-state index >= 15 is 0 Å². The van der Waals surface area contributed by atoms with E-state index < -0.39 is 27.8 Å². The molecule has 2 aromatic carbocycles. The maximum Gasteiger partial charge on any atom is 0.340 e. The summed E-state index contributed by atoms with van der Waals surface area (Å²) < 4.78 is 28.9. The fourth-order valence-corrected chi connectivity index (χ4v) is 3.46. The molecule has 0 bridgehead atoms. The number of amides is 1. The Labute approximate surface area is 159 Å². The van der Waals surface area contributed by atoms with E-state index in [1.54, 1.807) is 12.1 Å². The number of rotatable bonds is 6. The third kappa shape index (κ3) is 5.17. The molecule has 0 radical (unpaired) electrons. The molecular formula is C20H23NO5S. The van der Waals surface area contributed by atoms with Crippen molar-refractivity contribution in [2.24, 2.45) is 0 Å². The number of nitrogens with one attached hydrogen (secondary N) is 1. The van der Waals surface area contributed by atoms with Gasteiger partial charge >= 0.3 is 5.97 Å². The molecule has 1 amide bonds. The Bertz CT molecular complexity index is 950. The van der Waals surface area contributed by atoms with Crippen molar-refractivity contribution in [3.63, 3.8) is 0 Å². The molecule has 2 aromatic rings. The molecule has 1 atom stereocenters. The van der Waals surface area contributed by atoms with E-state index in [9.17, 15) is 18.0 Å². The second kappa shape index (κ2) is 8.35. The van der Waals surface area contributed by atoms with Gasteiger partial charge in [-0.2, -0.15) is 0 Å². The molecule has 0 saturated heterocycles. The van der Waals surface area contributed by atoms with E-state index in [1.165, 1.54) is 31.2 Å². The summed E-state index contributed by atoms with van der Waals surface area (Å²) in [5, 5.41) is 2.76.